The van der Waals surface area contributed by atoms with E-state index in [2.05, 4.69) is 19.2 Å². The molecular formula is C18H22N2O2. The second-order valence-corrected chi connectivity index (χ2v) is 5.94. The fraction of sp³-hybridized carbons (Fsp3) is 0.333. The van der Waals surface area contributed by atoms with Gasteiger partial charge in [-0.05, 0) is 49.1 Å². The highest BCUT2D eigenvalue weighted by Gasteiger charge is 2.16. The quantitative estimate of drug-likeness (QED) is 0.944. The lowest BCUT2D eigenvalue weighted by Crippen LogP contribution is -2.30. The van der Waals surface area contributed by atoms with Gasteiger partial charge >= 0.3 is 0 Å². The lowest BCUT2D eigenvalue weighted by atomic mass is 10.0. The predicted octanol–water partition coefficient (Wildman–Crippen LogP) is 3.38. The van der Waals surface area contributed by atoms with E-state index in [-0.39, 0.29) is 17.0 Å². The van der Waals surface area contributed by atoms with E-state index in [0.29, 0.717) is 17.2 Å². The van der Waals surface area contributed by atoms with Crippen LogP contribution in [0.4, 0.5) is 5.69 Å². The maximum absolute atomic E-state index is 12.4. The zero-order chi connectivity index (χ0) is 16.4. The Morgan fingerprint density at radius 1 is 1.14 bits per heavy atom. The van der Waals surface area contributed by atoms with Crippen molar-refractivity contribution in [2.75, 3.05) is 5.32 Å². The van der Waals surface area contributed by atoms with Crippen LogP contribution in [0, 0.1) is 13.8 Å². The smallest absolute Gasteiger partial charge is 0.263 e. The van der Waals surface area contributed by atoms with Gasteiger partial charge in [-0.1, -0.05) is 26.0 Å². The number of anilines is 1. The molecule has 0 saturated carbocycles. The van der Waals surface area contributed by atoms with Gasteiger partial charge in [-0.15, -0.1) is 0 Å². The molecule has 2 rings (SSSR count). The standard InChI is InChI=1S/C18H22N2O2/c1-11(2)14-6-8-15(9-7-14)19-17(21)16-12(3)10-13(4)20(5)18(16)22/h6-11H,1-5H3,(H,19,21). The van der Waals surface area contributed by atoms with Gasteiger partial charge in [-0.25, -0.2) is 0 Å². The van der Waals surface area contributed by atoms with Crippen LogP contribution in [-0.4, -0.2) is 10.5 Å². The van der Waals surface area contributed by atoms with Gasteiger partial charge in [0.1, 0.15) is 5.56 Å². The fourth-order valence-corrected chi connectivity index (χ4v) is 2.40. The van der Waals surface area contributed by atoms with E-state index >= 15 is 0 Å². The second-order valence-electron chi connectivity index (χ2n) is 5.94. The number of pyridine rings is 1. The summed E-state index contributed by atoms with van der Waals surface area (Å²) in [6.07, 6.45) is 0. The van der Waals surface area contributed by atoms with Gasteiger partial charge in [0.15, 0.2) is 0 Å². The van der Waals surface area contributed by atoms with Gasteiger partial charge in [0.25, 0.3) is 11.5 Å². The van der Waals surface area contributed by atoms with Crippen LogP contribution in [-0.2, 0) is 7.05 Å². The molecule has 4 nitrogen and oxygen atoms in total. The third kappa shape index (κ3) is 3.11. The predicted molar refractivity (Wildman–Crippen MR) is 89.6 cm³/mol. The Labute approximate surface area is 130 Å². The molecule has 0 aliphatic carbocycles. The number of rotatable bonds is 3. The molecule has 0 bridgehead atoms. The van der Waals surface area contributed by atoms with Gasteiger partial charge in [-0.2, -0.15) is 0 Å². The molecule has 1 amide bonds. The third-order valence-corrected chi connectivity index (χ3v) is 3.93. The largest absolute Gasteiger partial charge is 0.322 e. The highest BCUT2D eigenvalue weighted by atomic mass is 16.2. The number of aryl methyl sites for hydroxylation is 2. The average molecular weight is 298 g/mol. The van der Waals surface area contributed by atoms with Crippen molar-refractivity contribution in [2.45, 2.75) is 33.6 Å². The summed E-state index contributed by atoms with van der Waals surface area (Å²) in [6, 6.07) is 9.54. The maximum atomic E-state index is 12.4. The average Bonchev–Trinajstić information content (AvgIpc) is 2.45. The lowest BCUT2D eigenvalue weighted by Gasteiger charge is -2.12. The molecule has 0 radical (unpaired) electrons. The van der Waals surface area contributed by atoms with Gasteiger partial charge in [0.2, 0.25) is 0 Å². The number of hydrogen-bond donors (Lipinski definition) is 1. The summed E-state index contributed by atoms with van der Waals surface area (Å²) in [5, 5.41) is 2.80. The minimum absolute atomic E-state index is 0.195. The minimum atomic E-state index is -0.365. The van der Waals surface area contributed by atoms with E-state index in [9.17, 15) is 9.59 Å². The molecule has 1 aromatic heterocycles. The SMILES string of the molecule is Cc1cc(C)n(C)c(=O)c1C(=O)Nc1ccc(C(C)C)cc1. The number of nitrogens with zero attached hydrogens (tertiary/aromatic N) is 1. The van der Waals surface area contributed by atoms with E-state index < -0.39 is 0 Å². The summed E-state index contributed by atoms with van der Waals surface area (Å²) in [5.74, 6) is 0.0757. The number of aromatic nitrogens is 1. The molecule has 0 unspecified atom stereocenters. The number of benzene rings is 1. The summed E-state index contributed by atoms with van der Waals surface area (Å²) >= 11 is 0. The number of carbonyl (C=O) groups excluding carboxylic acids is 1. The molecule has 0 spiro atoms. The first-order valence-electron chi connectivity index (χ1n) is 7.39. The molecule has 22 heavy (non-hydrogen) atoms. The summed E-state index contributed by atoms with van der Waals surface area (Å²) in [4.78, 5) is 24.7. The van der Waals surface area contributed by atoms with Crippen LogP contribution in [0.2, 0.25) is 0 Å². The lowest BCUT2D eigenvalue weighted by molar-refractivity contribution is 0.102. The molecule has 0 aliphatic heterocycles. The molecule has 1 aromatic carbocycles. The first-order chi connectivity index (χ1) is 10.3. The van der Waals surface area contributed by atoms with Crippen molar-refractivity contribution in [1.29, 1.82) is 0 Å². The Hall–Kier alpha value is -2.36. The fourth-order valence-electron chi connectivity index (χ4n) is 2.40. The van der Waals surface area contributed by atoms with Crippen molar-refractivity contribution in [1.82, 2.24) is 4.57 Å². The van der Waals surface area contributed by atoms with Crippen LogP contribution in [0.25, 0.3) is 0 Å². The summed E-state index contributed by atoms with van der Waals surface area (Å²) in [5.41, 5.74) is 3.35. The van der Waals surface area contributed by atoms with Crippen molar-refractivity contribution in [3.05, 3.63) is 63.1 Å². The molecule has 0 saturated heterocycles. The van der Waals surface area contributed by atoms with Crippen LogP contribution < -0.4 is 10.9 Å². The molecule has 2 aromatic rings. The van der Waals surface area contributed by atoms with Crippen molar-refractivity contribution in [2.24, 2.45) is 7.05 Å². The zero-order valence-corrected chi connectivity index (χ0v) is 13.7. The highest BCUT2D eigenvalue weighted by Crippen LogP contribution is 2.18. The van der Waals surface area contributed by atoms with Gasteiger partial charge in [0.05, 0.1) is 0 Å². The summed E-state index contributed by atoms with van der Waals surface area (Å²) in [7, 11) is 1.67. The van der Waals surface area contributed by atoms with Gasteiger partial charge in [0, 0.05) is 18.4 Å². The van der Waals surface area contributed by atoms with Crippen molar-refractivity contribution < 1.29 is 4.79 Å². The monoisotopic (exact) mass is 298 g/mol. The minimum Gasteiger partial charge on any atom is -0.322 e. The third-order valence-electron chi connectivity index (χ3n) is 3.93. The van der Waals surface area contributed by atoms with Crippen LogP contribution in [0.1, 0.15) is 46.9 Å². The first kappa shape index (κ1) is 16.0. The van der Waals surface area contributed by atoms with E-state index in [1.54, 1.807) is 14.0 Å². The molecule has 0 fully saturated rings. The first-order valence-corrected chi connectivity index (χ1v) is 7.39. The molecule has 4 heteroatoms. The number of hydrogen-bond acceptors (Lipinski definition) is 2. The Morgan fingerprint density at radius 3 is 2.27 bits per heavy atom. The normalized spacial score (nSPS) is 10.8. The van der Waals surface area contributed by atoms with E-state index in [4.69, 9.17) is 0 Å². The van der Waals surface area contributed by atoms with E-state index in [1.165, 1.54) is 10.1 Å². The van der Waals surface area contributed by atoms with Crippen LogP contribution in [0.5, 0.6) is 0 Å². The molecule has 116 valence electrons. The number of nitrogens with one attached hydrogen (secondary N) is 1. The van der Waals surface area contributed by atoms with Crippen LogP contribution in [0.3, 0.4) is 0 Å². The summed E-state index contributed by atoms with van der Waals surface area (Å²) in [6.45, 7) is 7.87. The highest BCUT2D eigenvalue weighted by molar-refractivity contribution is 6.05. The Bertz CT molecular complexity index is 756. The van der Waals surface area contributed by atoms with Gasteiger partial charge < -0.3 is 9.88 Å². The Balaban J connectivity index is 2.30. The summed E-state index contributed by atoms with van der Waals surface area (Å²) < 4.78 is 1.49. The van der Waals surface area contributed by atoms with Crippen molar-refractivity contribution in [3.63, 3.8) is 0 Å². The number of amides is 1. The zero-order valence-electron chi connectivity index (χ0n) is 13.7. The Morgan fingerprint density at radius 2 is 1.73 bits per heavy atom. The van der Waals surface area contributed by atoms with E-state index in [0.717, 1.165) is 5.69 Å². The maximum Gasteiger partial charge on any atom is 0.263 e. The van der Waals surface area contributed by atoms with Crippen molar-refractivity contribution in [3.8, 4) is 0 Å². The van der Waals surface area contributed by atoms with Crippen LogP contribution >= 0.6 is 0 Å². The van der Waals surface area contributed by atoms with Gasteiger partial charge in [-0.3, -0.25) is 9.59 Å². The Kier molecular flexibility index (Phi) is 4.50. The van der Waals surface area contributed by atoms with E-state index in [1.807, 2.05) is 37.3 Å². The van der Waals surface area contributed by atoms with Crippen molar-refractivity contribution >= 4 is 11.6 Å². The number of carbonyl (C=O) groups is 1. The topological polar surface area (TPSA) is 51.1 Å². The molecule has 0 aliphatic rings. The molecular weight excluding hydrogens is 276 g/mol. The van der Waals surface area contributed by atoms with Crippen LogP contribution in [0.15, 0.2) is 35.1 Å². The molecule has 0 atom stereocenters. The molecule has 1 N–H and O–H groups in total. The second kappa shape index (κ2) is 6.18. The molecule has 1 heterocycles.